The van der Waals surface area contributed by atoms with Crippen LogP contribution in [0, 0.1) is 5.92 Å². The van der Waals surface area contributed by atoms with E-state index < -0.39 is 0 Å². The van der Waals surface area contributed by atoms with E-state index in [0.717, 1.165) is 44.0 Å². The maximum Gasteiger partial charge on any atom is 0.138 e. The molecule has 1 aliphatic heterocycles. The van der Waals surface area contributed by atoms with Crippen LogP contribution in [0.4, 0.5) is 0 Å². The van der Waals surface area contributed by atoms with Crippen molar-refractivity contribution in [2.45, 2.75) is 39.8 Å². The van der Waals surface area contributed by atoms with Gasteiger partial charge in [0.15, 0.2) is 0 Å². The quantitative estimate of drug-likeness (QED) is 0.898. The molecule has 0 fully saturated rings. The summed E-state index contributed by atoms with van der Waals surface area (Å²) in [5.74, 6) is 1.53. The molecule has 0 aliphatic carbocycles. The van der Waals surface area contributed by atoms with Crippen LogP contribution in [0.5, 0.6) is 0 Å². The molecule has 0 aromatic carbocycles. The van der Waals surface area contributed by atoms with Crippen LogP contribution in [0.2, 0.25) is 0 Å². The molecule has 6 nitrogen and oxygen atoms in total. The van der Waals surface area contributed by atoms with Crippen molar-refractivity contribution in [1.29, 1.82) is 0 Å². The molecule has 2 aromatic rings. The molecule has 3 rings (SSSR count). The predicted molar refractivity (Wildman–Crippen MR) is 75.1 cm³/mol. The number of nitrogens with one attached hydrogen (secondary N) is 1. The van der Waals surface area contributed by atoms with Gasteiger partial charge in [-0.15, -0.1) is 0 Å². The maximum atomic E-state index is 4.45. The van der Waals surface area contributed by atoms with Crippen molar-refractivity contribution in [1.82, 2.24) is 30.0 Å². The molecule has 2 aromatic heterocycles. The molecule has 0 bridgehead atoms. The second-order valence-corrected chi connectivity index (χ2v) is 5.60. The van der Waals surface area contributed by atoms with Crippen LogP contribution >= 0.6 is 0 Å². The zero-order valence-electron chi connectivity index (χ0n) is 12.0. The van der Waals surface area contributed by atoms with Crippen molar-refractivity contribution in [2.24, 2.45) is 5.92 Å². The Morgan fingerprint density at radius 1 is 1.25 bits per heavy atom. The lowest BCUT2D eigenvalue weighted by atomic mass is 10.0. The average molecular weight is 272 g/mol. The van der Waals surface area contributed by atoms with Gasteiger partial charge in [-0.25, -0.2) is 19.6 Å². The largest absolute Gasteiger partial charge is 0.312 e. The second kappa shape index (κ2) is 5.66. The normalized spacial score (nSPS) is 14.6. The van der Waals surface area contributed by atoms with Crippen molar-refractivity contribution >= 4 is 0 Å². The van der Waals surface area contributed by atoms with Gasteiger partial charge in [0.25, 0.3) is 0 Å². The van der Waals surface area contributed by atoms with Gasteiger partial charge in [-0.05, 0) is 5.92 Å². The lowest BCUT2D eigenvalue weighted by molar-refractivity contribution is 0.468. The molecule has 20 heavy (non-hydrogen) atoms. The average Bonchev–Trinajstić information content (AvgIpc) is 2.86. The highest BCUT2D eigenvalue weighted by molar-refractivity contribution is 5.28. The summed E-state index contributed by atoms with van der Waals surface area (Å²) in [5, 5.41) is 7.70. The van der Waals surface area contributed by atoms with Gasteiger partial charge in [-0.3, -0.25) is 0 Å². The fourth-order valence-corrected chi connectivity index (χ4v) is 2.56. The van der Waals surface area contributed by atoms with E-state index in [9.17, 15) is 0 Å². The molecule has 1 aliphatic rings. The van der Waals surface area contributed by atoms with Crippen molar-refractivity contribution in [3.8, 4) is 0 Å². The van der Waals surface area contributed by atoms with Gasteiger partial charge in [0.05, 0.1) is 12.1 Å². The van der Waals surface area contributed by atoms with Crippen LogP contribution in [0.1, 0.15) is 36.6 Å². The molecule has 6 heteroatoms. The van der Waals surface area contributed by atoms with Gasteiger partial charge in [-0.1, -0.05) is 13.8 Å². The van der Waals surface area contributed by atoms with Crippen LogP contribution in [0.25, 0.3) is 0 Å². The molecule has 0 saturated heterocycles. The standard InChI is InChI=1S/C14H20N6/c1-10(2)7-20-14(18-9-19-20)5-13-11-6-15-4-3-12(11)16-8-17-13/h8-10,15H,3-7H2,1-2H3. The first-order valence-corrected chi connectivity index (χ1v) is 7.13. The highest BCUT2D eigenvalue weighted by atomic mass is 15.3. The first-order valence-electron chi connectivity index (χ1n) is 7.13. The Kier molecular flexibility index (Phi) is 3.73. The summed E-state index contributed by atoms with van der Waals surface area (Å²) in [5.41, 5.74) is 3.47. The number of nitrogens with zero attached hydrogens (tertiary/aromatic N) is 5. The number of hydrogen-bond donors (Lipinski definition) is 1. The zero-order valence-corrected chi connectivity index (χ0v) is 12.0. The Hall–Kier alpha value is -1.82. The summed E-state index contributed by atoms with van der Waals surface area (Å²) in [7, 11) is 0. The lowest BCUT2D eigenvalue weighted by Crippen LogP contribution is -2.26. The van der Waals surface area contributed by atoms with Crippen LogP contribution in [-0.2, 0) is 25.9 Å². The number of hydrogen-bond acceptors (Lipinski definition) is 5. The topological polar surface area (TPSA) is 68.5 Å². The van der Waals surface area contributed by atoms with Crippen molar-refractivity contribution in [2.75, 3.05) is 6.54 Å². The van der Waals surface area contributed by atoms with Gasteiger partial charge in [0.2, 0.25) is 0 Å². The summed E-state index contributed by atoms with van der Waals surface area (Å²) in [6, 6.07) is 0. The Morgan fingerprint density at radius 3 is 3.00 bits per heavy atom. The predicted octanol–water partition coefficient (Wildman–Crippen LogP) is 0.961. The smallest absolute Gasteiger partial charge is 0.138 e. The first kappa shape index (κ1) is 13.2. The van der Waals surface area contributed by atoms with E-state index in [0.29, 0.717) is 5.92 Å². The second-order valence-electron chi connectivity index (χ2n) is 5.60. The highest BCUT2D eigenvalue weighted by Crippen LogP contribution is 2.17. The van der Waals surface area contributed by atoms with E-state index in [2.05, 4.69) is 39.2 Å². The summed E-state index contributed by atoms with van der Waals surface area (Å²) < 4.78 is 1.98. The van der Waals surface area contributed by atoms with Crippen LogP contribution in [-0.4, -0.2) is 31.3 Å². The molecule has 0 atom stereocenters. The lowest BCUT2D eigenvalue weighted by Gasteiger charge is -2.18. The van der Waals surface area contributed by atoms with Crippen LogP contribution < -0.4 is 5.32 Å². The van der Waals surface area contributed by atoms with Gasteiger partial charge in [0, 0.05) is 37.3 Å². The minimum atomic E-state index is 0.552. The summed E-state index contributed by atoms with van der Waals surface area (Å²) in [4.78, 5) is 13.2. The summed E-state index contributed by atoms with van der Waals surface area (Å²) in [6.07, 6.45) is 5.00. The number of rotatable bonds is 4. The minimum absolute atomic E-state index is 0.552. The molecule has 0 radical (unpaired) electrons. The van der Waals surface area contributed by atoms with E-state index in [1.54, 1.807) is 12.7 Å². The Morgan fingerprint density at radius 2 is 2.15 bits per heavy atom. The molecule has 0 amide bonds. The first-order chi connectivity index (χ1) is 9.74. The molecule has 0 spiro atoms. The van der Waals surface area contributed by atoms with Crippen LogP contribution in [0.3, 0.4) is 0 Å². The zero-order chi connectivity index (χ0) is 13.9. The van der Waals surface area contributed by atoms with Gasteiger partial charge >= 0.3 is 0 Å². The Bertz CT molecular complexity index is 589. The van der Waals surface area contributed by atoms with E-state index in [1.165, 1.54) is 11.3 Å². The van der Waals surface area contributed by atoms with Crippen molar-refractivity contribution < 1.29 is 0 Å². The Labute approximate surface area is 118 Å². The van der Waals surface area contributed by atoms with Crippen LogP contribution in [0.15, 0.2) is 12.7 Å². The Balaban J connectivity index is 1.86. The van der Waals surface area contributed by atoms with Crippen molar-refractivity contribution in [3.05, 3.63) is 35.4 Å². The van der Waals surface area contributed by atoms with Gasteiger partial charge in [0.1, 0.15) is 18.5 Å². The van der Waals surface area contributed by atoms with E-state index >= 15 is 0 Å². The number of fused-ring (bicyclic) bond motifs is 1. The molecule has 0 unspecified atom stereocenters. The van der Waals surface area contributed by atoms with Crippen molar-refractivity contribution in [3.63, 3.8) is 0 Å². The van der Waals surface area contributed by atoms with E-state index in [4.69, 9.17) is 0 Å². The minimum Gasteiger partial charge on any atom is -0.312 e. The number of aromatic nitrogens is 5. The van der Waals surface area contributed by atoms with E-state index in [1.807, 2.05) is 4.68 Å². The fraction of sp³-hybridized carbons (Fsp3) is 0.571. The monoisotopic (exact) mass is 272 g/mol. The fourth-order valence-electron chi connectivity index (χ4n) is 2.56. The SMILES string of the molecule is CC(C)Cn1ncnc1Cc1ncnc2c1CNCC2. The summed E-state index contributed by atoms with van der Waals surface area (Å²) in [6.45, 7) is 7.10. The third kappa shape index (κ3) is 2.70. The third-order valence-corrected chi connectivity index (χ3v) is 3.52. The molecular formula is C14H20N6. The maximum absolute atomic E-state index is 4.45. The molecule has 106 valence electrons. The molecule has 3 heterocycles. The molecule has 0 saturated carbocycles. The van der Waals surface area contributed by atoms with Gasteiger partial charge < -0.3 is 5.32 Å². The highest BCUT2D eigenvalue weighted by Gasteiger charge is 2.17. The van der Waals surface area contributed by atoms with Gasteiger partial charge in [-0.2, -0.15) is 5.10 Å². The van der Waals surface area contributed by atoms with E-state index in [-0.39, 0.29) is 0 Å². The third-order valence-electron chi connectivity index (χ3n) is 3.52. The molecule has 1 N–H and O–H groups in total. The summed E-state index contributed by atoms with van der Waals surface area (Å²) >= 11 is 0. The molecular weight excluding hydrogens is 252 g/mol.